The van der Waals surface area contributed by atoms with Crippen LogP contribution < -0.4 is 11.1 Å². The lowest BCUT2D eigenvalue weighted by Crippen LogP contribution is -2.47. The lowest BCUT2D eigenvalue weighted by molar-refractivity contribution is -0.137. The van der Waals surface area contributed by atoms with E-state index < -0.39 is 17.8 Å². The molecule has 4 rings (SSSR count). The van der Waals surface area contributed by atoms with E-state index in [2.05, 4.69) is 25.3 Å². The first-order valence-electron chi connectivity index (χ1n) is 11.3. The molecule has 0 aromatic carbocycles. The number of nitriles is 1. The number of piperidine rings is 1. The number of alkyl halides is 3. The van der Waals surface area contributed by atoms with Gasteiger partial charge in [0.1, 0.15) is 11.7 Å². The summed E-state index contributed by atoms with van der Waals surface area (Å²) < 4.78 is 39.6. The molecule has 1 saturated heterocycles. The maximum absolute atomic E-state index is 13.2. The highest BCUT2D eigenvalue weighted by molar-refractivity contribution is 5.94. The number of nitrogens with one attached hydrogen (secondary N) is 2. The number of rotatable bonds is 6. The Kier molecular flexibility index (Phi) is 6.88. The molecule has 12 heteroatoms. The summed E-state index contributed by atoms with van der Waals surface area (Å²) in [7, 11) is 0. The summed E-state index contributed by atoms with van der Waals surface area (Å²) in [4.78, 5) is 29.4. The third-order valence-corrected chi connectivity index (χ3v) is 6.25. The number of likely N-dealkylation sites (tertiary alicyclic amines) is 1. The van der Waals surface area contributed by atoms with Crippen molar-refractivity contribution in [2.45, 2.75) is 38.4 Å². The van der Waals surface area contributed by atoms with Crippen LogP contribution in [0.25, 0.3) is 22.3 Å². The van der Waals surface area contributed by atoms with E-state index in [1.807, 2.05) is 13.0 Å². The minimum atomic E-state index is -4.55. The molecule has 0 aliphatic carbocycles. The number of fused-ring (bicyclic) bond motifs is 1. The van der Waals surface area contributed by atoms with Crippen LogP contribution in [0.5, 0.6) is 0 Å². The molecule has 3 aromatic rings. The molecule has 1 aliphatic heterocycles. The lowest BCUT2D eigenvalue weighted by atomic mass is 9.96. The first kappa shape index (κ1) is 24.4. The number of aromatic amines is 1. The molecule has 0 spiro atoms. The normalized spacial score (nSPS) is 15.7. The third-order valence-electron chi connectivity index (χ3n) is 6.25. The molecule has 1 fully saturated rings. The van der Waals surface area contributed by atoms with Gasteiger partial charge in [-0.25, -0.2) is 15.0 Å². The van der Waals surface area contributed by atoms with Gasteiger partial charge in [0.25, 0.3) is 0 Å². The topological polar surface area (TPSA) is 137 Å². The molecule has 3 aromatic heterocycles. The molecule has 0 saturated carbocycles. The number of pyridine rings is 1. The number of nitrogens with zero attached hydrogens (tertiary/aromatic N) is 5. The van der Waals surface area contributed by atoms with Crippen LogP contribution >= 0.6 is 0 Å². The number of amides is 1. The molecule has 0 radical (unpaired) electrons. The van der Waals surface area contributed by atoms with Crippen molar-refractivity contribution in [1.29, 1.82) is 5.26 Å². The Hall–Kier alpha value is -3.72. The number of carbonyl (C=O) groups is 1. The number of carbonyl (C=O) groups excluding carboxylic acids is 1. The van der Waals surface area contributed by atoms with E-state index in [9.17, 15) is 23.2 Å². The number of nitrogens with two attached hydrogens (primary N) is 1. The number of hydrogen-bond donors (Lipinski definition) is 3. The molecule has 4 N–H and O–H groups in total. The monoisotopic (exact) mass is 486 g/mol. The minimum Gasteiger partial charge on any atom is -0.354 e. The summed E-state index contributed by atoms with van der Waals surface area (Å²) in [5.74, 6) is 0.520. The SMILES string of the molecule is CC[C@@H](N)C(=O)N1CCC(CNc2ncc(C#N)c(-c3c[nH]c4ncc(C(F)(F)F)cc34)n2)CC1. The molecule has 1 atom stereocenters. The number of halogens is 3. The summed E-state index contributed by atoms with van der Waals surface area (Å²) in [6, 6.07) is 2.52. The predicted octanol–water partition coefficient (Wildman–Crippen LogP) is 3.30. The predicted molar refractivity (Wildman–Crippen MR) is 123 cm³/mol. The Morgan fingerprint density at radius 1 is 1.34 bits per heavy atom. The number of H-pyrrole nitrogens is 1. The van der Waals surface area contributed by atoms with Crippen molar-refractivity contribution in [3.8, 4) is 17.3 Å². The van der Waals surface area contributed by atoms with Crippen LogP contribution in [0.4, 0.5) is 19.1 Å². The maximum Gasteiger partial charge on any atom is 0.417 e. The third kappa shape index (κ3) is 5.19. The van der Waals surface area contributed by atoms with Gasteiger partial charge >= 0.3 is 6.18 Å². The fraction of sp³-hybridized carbons (Fsp3) is 0.435. The van der Waals surface area contributed by atoms with E-state index in [1.54, 1.807) is 4.90 Å². The van der Waals surface area contributed by atoms with Crippen molar-refractivity contribution in [2.24, 2.45) is 11.7 Å². The second-order valence-electron chi connectivity index (χ2n) is 8.55. The van der Waals surface area contributed by atoms with Gasteiger partial charge in [-0.05, 0) is 31.2 Å². The van der Waals surface area contributed by atoms with E-state index >= 15 is 0 Å². The number of aromatic nitrogens is 4. The van der Waals surface area contributed by atoms with E-state index in [-0.39, 0.29) is 40.1 Å². The molecule has 35 heavy (non-hydrogen) atoms. The molecule has 1 aliphatic rings. The minimum absolute atomic E-state index is 0.0270. The van der Waals surface area contributed by atoms with Gasteiger partial charge < -0.3 is 20.9 Å². The summed E-state index contributed by atoms with van der Waals surface area (Å²) in [6.45, 7) is 3.69. The van der Waals surface area contributed by atoms with E-state index in [0.717, 1.165) is 25.1 Å². The van der Waals surface area contributed by atoms with Crippen molar-refractivity contribution >= 4 is 22.9 Å². The molecule has 1 amide bonds. The zero-order valence-electron chi connectivity index (χ0n) is 19.1. The van der Waals surface area contributed by atoms with Crippen molar-refractivity contribution < 1.29 is 18.0 Å². The Bertz CT molecular complexity index is 1260. The van der Waals surface area contributed by atoms with Crippen LogP contribution in [0.15, 0.2) is 24.7 Å². The van der Waals surface area contributed by atoms with Gasteiger partial charge in [-0.2, -0.15) is 18.4 Å². The van der Waals surface area contributed by atoms with Gasteiger partial charge in [-0.3, -0.25) is 4.79 Å². The quantitative estimate of drug-likeness (QED) is 0.486. The van der Waals surface area contributed by atoms with Crippen molar-refractivity contribution in [2.75, 3.05) is 25.0 Å². The van der Waals surface area contributed by atoms with Crippen molar-refractivity contribution in [3.63, 3.8) is 0 Å². The van der Waals surface area contributed by atoms with Crippen LogP contribution in [0, 0.1) is 17.2 Å². The zero-order chi connectivity index (χ0) is 25.2. The largest absolute Gasteiger partial charge is 0.417 e. The zero-order valence-corrected chi connectivity index (χ0v) is 19.1. The van der Waals surface area contributed by atoms with Crippen LogP contribution in [0.1, 0.15) is 37.3 Å². The van der Waals surface area contributed by atoms with Crippen LogP contribution in [0.2, 0.25) is 0 Å². The highest BCUT2D eigenvalue weighted by atomic mass is 19.4. The van der Waals surface area contributed by atoms with Crippen LogP contribution in [-0.2, 0) is 11.0 Å². The summed E-state index contributed by atoms with van der Waals surface area (Å²) in [5.41, 5.74) is 5.90. The van der Waals surface area contributed by atoms with Gasteiger partial charge in [-0.1, -0.05) is 6.92 Å². The number of anilines is 1. The van der Waals surface area contributed by atoms with E-state index in [4.69, 9.17) is 5.73 Å². The average Bonchev–Trinajstić information content (AvgIpc) is 3.29. The van der Waals surface area contributed by atoms with E-state index in [1.165, 1.54) is 12.4 Å². The van der Waals surface area contributed by atoms with Gasteiger partial charge in [0.2, 0.25) is 11.9 Å². The molecule has 9 nitrogen and oxygen atoms in total. The van der Waals surface area contributed by atoms with Gasteiger partial charge in [0.15, 0.2) is 0 Å². The lowest BCUT2D eigenvalue weighted by Gasteiger charge is -2.33. The molecular weight excluding hydrogens is 461 g/mol. The molecule has 0 unspecified atom stereocenters. The van der Waals surface area contributed by atoms with Crippen molar-refractivity contribution in [1.82, 2.24) is 24.8 Å². The fourth-order valence-electron chi connectivity index (χ4n) is 4.11. The van der Waals surface area contributed by atoms with Crippen molar-refractivity contribution in [3.05, 3.63) is 35.8 Å². The maximum atomic E-state index is 13.2. The smallest absolute Gasteiger partial charge is 0.354 e. The summed E-state index contributed by atoms with van der Waals surface area (Å²) in [5, 5.41) is 12.9. The fourth-order valence-corrected chi connectivity index (χ4v) is 4.11. The molecule has 184 valence electrons. The summed E-state index contributed by atoms with van der Waals surface area (Å²) >= 11 is 0. The molecule has 0 bridgehead atoms. The Labute approximate surface area is 199 Å². The molecule has 4 heterocycles. The Balaban J connectivity index is 1.50. The molecular formula is C23H25F3N8O. The van der Waals surface area contributed by atoms with Gasteiger partial charge in [0, 0.05) is 43.0 Å². The average molecular weight is 487 g/mol. The van der Waals surface area contributed by atoms with Gasteiger partial charge in [-0.15, -0.1) is 0 Å². The first-order valence-corrected chi connectivity index (χ1v) is 11.3. The second kappa shape index (κ2) is 9.87. The van der Waals surface area contributed by atoms with E-state index in [0.29, 0.717) is 31.6 Å². The highest BCUT2D eigenvalue weighted by Crippen LogP contribution is 2.34. The highest BCUT2D eigenvalue weighted by Gasteiger charge is 2.32. The summed E-state index contributed by atoms with van der Waals surface area (Å²) in [6.07, 6.45) is 1.24. The Morgan fingerprint density at radius 3 is 2.74 bits per heavy atom. The van der Waals surface area contributed by atoms with Crippen LogP contribution in [0.3, 0.4) is 0 Å². The van der Waals surface area contributed by atoms with Crippen LogP contribution in [-0.4, -0.2) is 56.4 Å². The van der Waals surface area contributed by atoms with Gasteiger partial charge in [0.05, 0.1) is 29.1 Å². The standard InChI is InChI=1S/C23H25F3N8O/c1-2-18(28)21(35)34-5-3-13(4-6-34)9-31-22-32-10-14(8-27)19(33-22)17-12-30-20-16(17)7-15(11-29-20)23(24,25)26/h7,10-13,18H,2-6,9,28H2,1H3,(H,29,30)(H,31,32,33)/t18-/m1/s1. The second-order valence-corrected chi connectivity index (χ2v) is 8.55. The Morgan fingerprint density at radius 2 is 2.09 bits per heavy atom. The number of hydrogen-bond acceptors (Lipinski definition) is 7. The first-order chi connectivity index (χ1) is 16.7.